The van der Waals surface area contributed by atoms with E-state index in [4.69, 9.17) is 5.73 Å². The van der Waals surface area contributed by atoms with E-state index in [2.05, 4.69) is 9.72 Å². The van der Waals surface area contributed by atoms with Gasteiger partial charge in [0.15, 0.2) is 11.6 Å². The van der Waals surface area contributed by atoms with Crippen LogP contribution < -0.4 is 10.5 Å². The third-order valence-electron chi connectivity index (χ3n) is 2.62. The van der Waals surface area contributed by atoms with Crippen molar-refractivity contribution in [2.24, 2.45) is 5.73 Å². The van der Waals surface area contributed by atoms with Gasteiger partial charge >= 0.3 is 6.36 Å². The first kappa shape index (κ1) is 18.1. The van der Waals surface area contributed by atoms with Gasteiger partial charge in [-0.15, -0.1) is 25.6 Å². The van der Waals surface area contributed by atoms with Crippen molar-refractivity contribution in [2.75, 3.05) is 0 Å². The number of benzene rings is 1. The Morgan fingerprint density at radius 2 is 1.77 bits per heavy atom. The topological polar surface area (TPSA) is 48.1 Å². The molecular formula is C13H10ClF5N2O. The molecule has 0 radical (unpaired) electrons. The monoisotopic (exact) mass is 340 g/mol. The lowest BCUT2D eigenvalue weighted by molar-refractivity contribution is -0.275. The van der Waals surface area contributed by atoms with Crippen LogP contribution >= 0.6 is 12.4 Å². The highest BCUT2D eigenvalue weighted by molar-refractivity contribution is 5.85. The minimum Gasteiger partial charge on any atom is -0.403 e. The molecule has 120 valence electrons. The highest BCUT2D eigenvalue weighted by Gasteiger charge is 2.32. The molecule has 2 N–H and O–H groups in total. The third kappa shape index (κ3) is 4.28. The molecule has 2 rings (SSSR count). The molecule has 0 spiro atoms. The van der Waals surface area contributed by atoms with E-state index >= 15 is 0 Å². The quantitative estimate of drug-likeness (QED) is 0.866. The summed E-state index contributed by atoms with van der Waals surface area (Å²) in [7, 11) is 0. The lowest BCUT2D eigenvalue weighted by Gasteiger charge is -2.14. The van der Waals surface area contributed by atoms with Crippen molar-refractivity contribution < 1.29 is 26.7 Å². The Bertz CT molecular complexity index is 651. The second-order valence-electron chi connectivity index (χ2n) is 4.09. The fourth-order valence-corrected chi connectivity index (χ4v) is 1.70. The number of rotatable bonds is 3. The zero-order valence-corrected chi connectivity index (χ0v) is 11.6. The maximum Gasteiger partial charge on any atom is 0.573 e. The van der Waals surface area contributed by atoms with Crippen molar-refractivity contribution in [3.8, 4) is 5.75 Å². The molecule has 0 unspecified atom stereocenters. The number of nitrogens with zero attached hydrogens (tertiary/aromatic N) is 1. The summed E-state index contributed by atoms with van der Waals surface area (Å²) >= 11 is 0. The molecule has 0 saturated carbocycles. The Kier molecular flexibility index (Phi) is 5.67. The van der Waals surface area contributed by atoms with Gasteiger partial charge in [-0.1, -0.05) is 6.07 Å². The largest absolute Gasteiger partial charge is 0.573 e. The molecule has 1 aromatic carbocycles. The van der Waals surface area contributed by atoms with Crippen LogP contribution in [-0.2, 0) is 0 Å². The number of hydrogen-bond donors (Lipinski definition) is 1. The van der Waals surface area contributed by atoms with E-state index < -0.39 is 29.8 Å². The molecule has 0 saturated heterocycles. The minimum atomic E-state index is -5.00. The van der Waals surface area contributed by atoms with Crippen LogP contribution in [0, 0.1) is 11.6 Å². The number of pyridine rings is 1. The van der Waals surface area contributed by atoms with E-state index in [-0.39, 0.29) is 23.7 Å². The molecule has 22 heavy (non-hydrogen) atoms. The predicted octanol–water partition coefficient (Wildman–Crippen LogP) is 3.73. The molecule has 0 bridgehead atoms. The standard InChI is InChI=1S/C13H9F5N2O.ClH/c14-8-2-1-5-20-12(8)11(19)7-3-4-10(9(15)6-7)21-13(16,17)18;/h1-6,11H,19H2;1H/t11-;/m0./s1. The van der Waals surface area contributed by atoms with Crippen LogP contribution in [0.2, 0.25) is 0 Å². The first-order valence-electron chi connectivity index (χ1n) is 5.69. The van der Waals surface area contributed by atoms with E-state index in [1.807, 2.05) is 0 Å². The van der Waals surface area contributed by atoms with Crippen LogP contribution in [0.4, 0.5) is 22.0 Å². The van der Waals surface area contributed by atoms with Crippen LogP contribution in [0.25, 0.3) is 0 Å². The highest BCUT2D eigenvalue weighted by Crippen LogP contribution is 2.29. The third-order valence-corrected chi connectivity index (χ3v) is 2.62. The van der Waals surface area contributed by atoms with Gasteiger partial charge in [-0.2, -0.15) is 0 Å². The Morgan fingerprint density at radius 3 is 2.32 bits per heavy atom. The molecule has 9 heteroatoms. The van der Waals surface area contributed by atoms with Crippen molar-refractivity contribution in [2.45, 2.75) is 12.4 Å². The van der Waals surface area contributed by atoms with Gasteiger partial charge in [0.05, 0.1) is 11.7 Å². The molecule has 0 aliphatic rings. The second-order valence-corrected chi connectivity index (χ2v) is 4.09. The first-order chi connectivity index (χ1) is 9.78. The SMILES string of the molecule is Cl.N[C@@H](c1ccc(OC(F)(F)F)c(F)c1)c1ncccc1F. The zero-order valence-electron chi connectivity index (χ0n) is 10.8. The van der Waals surface area contributed by atoms with E-state index in [1.54, 1.807) is 0 Å². The molecular weight excluding hydrogens is 331 g/mol. The summed E-state index contributed by atoms with van der Waals surface area (Å²) in [6.07, 6.45) is -3.70. The van der Waals surface area contributed by atoms with E-state index in [0.717, 1.165) is 24.3 Å². The number of ether oxygens (including phenoxy) is 1. The predicted molar refractivity (Wildman–Crippen MR) is 70.6 cm³/mol. The van der Waals surface area contributed by atoms with Crippen LogP contribution in [0.5, 0.6) is 5.75 Å². The Labute approximate surface area is 128 Å². The fourth-order valence-electron chi connectivity index (χ4n) is 1.70. The second kappa shape index (κ2) is 6.89. The van der Waals surface area contributed by atoms with Crippen molar-refractivity contribution in [1.29, 1.82) is 0 Å². The van der Waals surface area contributed by atoms with Crippen molar-refractivity contribution >= 4 is 12.4 Å². The molecule has 3 nitrogen and oxygen atoms in total. The Balaban J connectivity index is 0.00000242. The van der Waals surface area contributed by atoms with Crippen molar-refractivity contribution in [1.82, 2.24) is 4.98 Å². The number of aromatic nitrogens is 1. The van der Waals surface area contributed by atoms with Crippen LogP contribution in [0.3, 0.4) is 0 Å². The molecule has 1 aromatic heterocycles. The van der Waals surface area contributed by atoms with Crippen LogP contribution in [-0.4, -0.2) is 11.3 Å². The van der Waals surface area contributed by atoms with Gasteiger partial charge in [0.25, 0.3) is 0 Å². The number of hydrogen-bond acceptors (Lipinski definition) is 3. The average Bonchev–Trinajstić information content (AvgIpc) is 2.39. The summed E-state index contributed by atoms with van der Waals surface area (Å²) in [6.45, 7) is 0. The van der Waals surface area contributed by atoms with Gasteiger partial charge in [0, 0.05) is 6.20 Å². The van der Waals surface area contributed by atoms with Gasteiger partial charge in [-0.3, -0.25) is 4.98 Å². The summed E-state index contributed by atoms with van der Waals surface area (Å²) in [4.78, 5) is 3.73. The minimum absolute atomic E-state index is 0. The summed E-state index contributed by atoms with van der Waals surface area (Å²) in [5.74, 6) is -2.93. The number of nitrogens with two attached hydrogens (primary N) is 1. The Morgan fingerprint density at radius 1 is 1.09 bits per heavy atom. The van der Waals surface area contributed by atoms with Gasteiger partial charge in [-0.25, -0.2) is 8.78 Å². The average molecular weight is 341 g/mol. The highest BCUT2D eigenvalue weighted by atomic mass is 35.5. The van der Waals surface area contributed by atoms with E-state index in [9.17, 15) is 22.0 Å². The molecule has 0 amide bonds. The van der Waals surface area contributed by atoms with E-state index in [0.29, 0.717) is 0 Å². The fraction of sp³-hybridized carbons (Fsp3) is 0.154. The normalized spacial score (nSPS) is 12.5. The molecule has 2 aromatic rings. The van der Waals surface area contributed by atoms with Crippen molar-refractivity contribution in [3.63, 3.8) is 0 Å². The number of alkyl halides is 3. The van der Waals surface area contributed by atoms with Gasteiger partial charge in [-0.05, 0) is 29.8 Å². The maximum absolute atomic E-state index is 13.6. The smallest absolute Gasteiger partial charge is 0.403 e. The lowest BCUT2D eigenvalue weighted by Crippen LogP contribution is -2.19. The zero-order chi connectivity index (χ0) is 15.6. The van der Waals surface area contributed by atoms with Crippen LogP contribution in [0.1, 0.15) is 17.3 Å². The van der Waals surface area contributed by atoms with Crippen LogP contribution in [0.15, 0.2) is 36.5 Å². The summed E-state index contributed by atoms with van der Waals surface area (Å²) in [6, 6.07) is 4.01. The maximum atomic E-state index is 13.6. The molecule has 0 fully saturated rings. The summed E-state index contributed by atoms with van der Waals surface area (Å²) < 4.78 is 66.6. The summed E-state index contributed by atoms with van der Waals surface area (Å²) in [5.41, 5.74) is 5.66. The van der Waals surface area contributed by atoms with Crippen molar-refractivity contribution in [3.05, 3.63) is 59.4 Å². The molecule has 1 atom stereocenters. The number of halogens is 6. The molecule has 0 aliphatic heterocycles. The summed E-state index contributed by atoms with van der Waals surface area (Å²) in [5, 5.41) is 0. The van der Waals surface area contributed by atoms with Gasteiger partial charge in [0.1, 0.15) is 5.82 Å². The molecule has 1 heterocycles. The lowest BCUT2D eigenvalue weighted by atomic mass is 10.0. The van der Waals surface area contributed by atoms with Gasteiger partial charge in [0.2, 0.25) is 0 Å². The molecule has 0 aliphatic carbocycles. The van der Waals surface area contributed by atoms with Gasteiger partial charge < -0.3 is 10.5 Å². The Hall–Kier alpha value is -1.93. The van der Waals surface area contributed by atoms with E-state index in [1.165, 1.54) is 12.3 Å². The first-order valence-corrected chi connectivity index (χ1v) is 5.69.